The van der Waals surface area contributed by atoms with Crippen LogP contribution in [0.15, 0.2) is 194 Å². The molecule has 0 saturated carbocycles. The molecule has 0 radical (unpaired) electrons. The summed E-state index contributed by atoms with van der Waals surface area (Å²) < 4.78 is 4.92. The number of hydrogen-bond donors (Lipinski definition) is 1. The van der Waals surface area contributed by atoms with Gasteiger partial charge in [0.15, 0.2) is 0 Å². The zero-order valence-corrected chi connectivity index (χ0v) is 43.8. The molecule has 0 saturated heterocycles. The third-order valence-corrected chi connectivity index (χ3v) is 16.9. The molecule has 3 aliphatic carbocycles. The van der Waals surface area contributed by atoms with E-state index in [1.165, 1.54) is 148 Å². The fourth-order valence-electron chi connectivity index (χ4n) is 12.9. The van der Waals surface area contributed by atoms with Crippen LogP contribution in [-0.4, -0.2) is 9.13 Å². The smallest absolute Gasteiger partial charge is 0.0538 e. The Bertz CT molecular complexity index is 3790. The number of para-hydroxylation sites is 1. The van der Waals surface area contributed by atoms with Crippen molar-refractivity contribution in [2.75, 3.05) is 0 Å². The Hall–Kier alpha value is -7.88. The maximum Gasteiger partial charge on any atom is 0.0538 e. The maximum atomic E-state index is 6.29. The zero-order valence-electron chi connectivity index (χ0n) is 43.8. The minimum absolute atomic E-state index is 0.106. The normalized spacial score (nSPS) is 17.9. The first kappa shape index (κ1) is 47.1. The van der Waals surface area contributed by atoms with Crippen LogP contribution in [0.2, 0.25) is 0 Å². The van der Waals surface area contributed by atoms with Gasteiger partial charge < -0.3 is 14.9 Å². The van der Waals surface area contributed by atoms with Crippen LogP contribution in [0.4, 0.5) is 0 Å². The first-order valence-corrected chi connectivity index (χ1v) is 27.2. The highest BCUT2D eigenvalue weighted by Crippen LogP contribution is 2.53. The number of nitrogens with zero attached hydrogens (tertiary/aromatic N) is 2. The standard InChI is InChI=1S/C71H67N3/c1-7-9-11-14-40-71(6)66-43-53(49-25-33-57(34-26-49)73-48(5)59(20-10-8-2)62-21-12-13-23-68(62)73)29-37-60(66)61-38-30-54(44-67(61)71)50-27-35-58(36-28-50)74-69-39-31-52(42-65(69)63-22-15-17-47(4)70(63)74)51-18-16-19-55(41-51)64-45-56(72)32-24-46(64)3/h8,10,12-13,15-16,18-23,25-39,41-47H,2,7,9,11,14,17,24,40,72H2,1,3-6H3/b20-10-. The zero-order chi connectivity index (χ0) is 50.7. The van der Waals surface area contributed by atoms with Gasteiger partial charge in [-0.2, -0.15) is 0 Å². The van der Waals surface area contributed by atoms with Gasteiger partial charge in [0.1, 0.15) is 0 Å². The minimum Gasteiger partial charge on any atom is -0.399 e. The molecule has 2 heterocycles. The summed E-state index contributed by atoms with van der Waals surface area (Å²) in [4.78, 5) is 0. The molecule has 0 aliphatic heterocycles. The molecule has 9 aromatic rings. The van der Waals surface area contributed by atoms with Gasteiger partial charge in [-0.05, 0) is 166 Å². The third kappa shape index (κ3) is 8.05. The van der Waals surface area contributed by atoms with E-state index in [0.29, 0.717) is 11.8 Å². The number of rotatable bonds is 13. The predicted molar refractivity (Wildman–Crippen MR) is 317 cm³/mol. The van der Waals surface area contributed by atoms with Gasteiger partial charge in [-0.15, -0.1) is 0 Å². The lowest BCUT2D eigenvalue weighted by molar-refractivity contribution is 0.487. The molecule has 366 valence electrons. The fourth-order valence-corrected chi connectivity index (χ4v) is 12.9. The van der Waals surface area contributed by atoms with Crippen LogP contribution in [-0.2, 0) is 5.41 Å². The molecule has 0 spiro atoms. The Balaban J connectivity index is 0.865. The number of benzene rings is 7. The van der Waals surface area contributed by atoms with Gasteiger partial charge in [-0.1, -0.05) is 187 Å². The average molecular weight is 962 g/mol. The molecule has 2 aromatic heterocycles. The van der Waals surface area contributed by atoms with E-state index in [1.54, 1.807) is 0 Å². The van der Waals surface area contributed by atoms with Crippen molar-refractivity contribution in [1.82, 2.24) is 9.13 Å². The van der Waals surface area contributed by atoms with E-state index in [0.717, 1.165) is 25.0 Å². The van der Waals surface area contributed by atoms with Crippen molar-refractivity contribution in [2.24, 2.45) is 11.7 Å². The van der Waals surface area contributed by atoms with E-state index in [2.05, 4.69) is 232 Å². The largest absolute Gasteiger partial charge is 0.399 e. The molecule has 3 atom stereocenters. The summed E-state index contributed by atoms with van der Waals surface area (Å²) >= 11 is 0. The van der Waals surface area contributed by atoms with Gasteiger partial charge in [0.25, 0.3) is 0 Å². The Morgan fingerprint density at radius 1 is 0.622 bits per heavy atom. The van der Waals surface area contributed by atoms with Gasteiger partial charge in [-0.25, -0.2) is 0 Å². The first-order chi connectivity index (χ1) is 36.1. The molecule has 3 unspecified atom stereocenters. The lowest BCUT2D eigenvalue weighted by Crippen LogP contribution is -2.20. The SMILES string of the molecule is C=C/C=C\c1c(C)n(-c2ccc(-c3ccc4c(c3)C(C)(CCCCCC)c3cc(-c5ccc(-n6c7c(c8cc(-c9cccc(C%10=CC(N)=CCC%10C)c9)ccc86)C=CCC7C)cc5)ccc3-4)cc2)c2ccccc12. The molecule has 3 aliphatic rings. The second kappa shape index (κ2) is 19.2. The van der Waals surface area contributed by atoms with Crippen LogP contribution in [0.25, 0.3) is 95.4 Å². The van der Waals surface area contributed by atoms with Crippen molar-refractivity contribution < 1.29 is 0 Å². The molecule has 3 nitrogen and oxygen atoms in total. The van der Waals surface area contributed by atoms with E-state index in [-0.39, 0.29) is 5.41 Å². The highest BCUT2D eigenvalue weighted by atomic mass is 15.0. The maximum absolute atomic E-state index is 6.29. The summed E-state index contributed by atoms with van der Waals surface area (Å²) in [7, 11) is 0. The Labute approximate surface area is 438 Å². The van der Waals surface area contributed by atoms with E-state index in [9.17, 15) is 0 Å². The summed E-state index contributed by atoms with van der Waals surface area (Å²) in [6.07, 6.45) is 23.2. The Kier molecular flexibility index (Phi) is 12.2. The quantitative estimate of drug-likeness (QED) is 0.0907. The van der Waals surface area contributed by atoms with Crippen molar-refractivity contribution >= 4 is 39.5 Å². The highest BCUT2D eigenvalue weighted by Gasteiger charge is 2.39. The lowest BCUT2D eigenvalue weighted by atomic mass is 9.75. The van der Waals surface area contributed by atoms with Crippen LogP contribution in [0, 0.1) is 12.8 Å². The van der Waals surface area contributed by atoms with E-state index in [4.69, 9.17) is 5.73 Å². The number of aromatic nitrogens is 2. The van der Waals surface area contributed by atoms with E-state index >= 15 is 0 Å². The minimum atomic E-state index is -0.106. The molecule has 0 amide bonds. The summed E-state index contributed by atoms with van der Waals surface area (Å²) in [6, 6.07) is 57.9. The summed E-state index contributed by atoms with van der Waals surface area (Å²) in [5.41, 5.74) is 32.8. The van der Waals surface area contributed by atoms with Crippen molar-refractivity contribution in [3.8, 4) is 55.9 Å². The van der Waals surface area contributed by atoms with Gasteiger partial charge in [0.2, 0.25) is 0 Å². The van der Waals surface area contributed by atoms with Crippen LogP contribution in [0.3, 0.4) is 0 Å². The van der Waals surface area contributed by atoms with Crippen LogP contribution in [0.5, 0.6) is 0 Å². The fraction of sp³-hybridized carbons (Fsp3) is 0.211. The second-order valence-electron chi connectivity index (χ2n) is 21.6. The monoisotopic (exact) mass is 962 g/mol. The van der Waals surface area contributed by atoms with Gasteiger partial charge in [0, 0.05) is 61.7 Å². The van der Waals surface area contributed by atoms with Gasteiger partial charge in [0.05, 0.1) is 11.0 Å². The van der Waals surface area contributed by atoms with Crippen molar-refractivity contribution in [3.05, 3.63) is 234 Å². The Morgan fingerprint density at radius 3 is 1.95 bits per heavy atom. The molecule has 0 bridgehead atoms. The summed E-state index contributed by atoms with van der Waals surface area (Å²) in [5.74, 6) is 0.834. The molecule has 0 fully saturated rings. The van der Waals surface area contributed by atoms with Crippen molar-refractivity contribution in [3.63, 3.8) is 0 Å². The highest BCUT2D eigenvalue weighted by molar-refractivity contribution is 5.97. The van der Waals surface area contributed by atoms with Crippen LogP contribution < -0.4 is 5.73 Å². The van der Waals surface area contributed by atoms with E-state index in [1.807, 2.05) is 12.2 Å². The molecule has 3 heteroatoms. The Morgan fingerprint density at radius 2 is 1.24 bits per heavy atom. The average Bonchev–Trinajstić information content (AvgIpc) is 4.02. The molecule has 74 heavy (non-hydrogen) atoms. The number of hydrogen-bond acceptors (Lipinski definition) is 1. The molecular formula is C71H67N3. The topological polar surface area (TPSA) is 35.9 Å². The first-order valence-electron chi connectivity index (χ1n) is 27.2. The third-order valence-electron chi connectivity index (χ3n) is 16.9. The van der Waals surface area contributed by atoms with Gasteiger partial charge >= 0.3 is 0 Å². The lowest BCUT2D eigenvalue weighted by Gasteiger charge is -2.28. The van der Waals surface area contributed by atoms with Crippen LogP contribution >= 0.6 is 0 Å². The van der Waals surface area contributed by atoms with Crippen molar-refractivity contribution in [2.45, 2.75) is 90.9 Å². The number of nitrogens with two attached hydrogens (primary N) is 1. The molecular weight excluding hydrogens is 895 g/mol. The molecule has 2 N–H and O–H groups in total. The van der Waals surface area contributed by atoms with Crippen molar-refractivity contribution in [1.29, 1.82) is 0 Å². The van der Waals surface area contributed by atoms with Gasteiger partial charge in [-0.3, -0.25) is 0 Å². The molecule has 12 rings (SSSR count). The number of fused-ring (bicyclic) bond motifs is 7. The summed E-state index contributed by atoms with van der Waals surface area (Å²) in [6.45, 7) is 15.6. The van der Waals surface area contributed by atoms with Crippen LogP contribution in [0.1, 0.15) is 118 Å². The molecule has 7 aromatic carbocycles. The number of unbranched alkanes of at least 4 members (excludes halogenated alkanes) is 3. The second-order valence-corrected chi connectivity index (χ2v) is 21.6. The summed E-state index contributed by atoms with van der Waals surface area (Å²) in [5, 5.41) is 2.55. The number of allylic oxidation sites excluding steroid dienone is 6. The van der Waals surface area contributed by atoms with E-state index < -0.39 is 0 Å². The predicted octanol–water partition coefficient (Wildman–Crippen LogP) is 19.1.